The molecule has 1 fully saturated rings. The lowest BCUT2D eigenvalue weighted by Crippen LogP contribution is -2.37. The normalized spacial score (nSPS) is 16.3. The Morgan fingerprint density at radius 2 is 1.81 bits per heavy atom. The van der Waals surface area contributed by atoms with Crippen LogP contribution in [0.1, 0.15) is 44.9 Å². The van der Waals surface area contributed by atoms with E-state index < -0.39 is 0 Å². The molecule has 0 radical (unpaired) electrons. The molecule has 1 saturated carbocycles. The van der Waals surface area contributed by atoms with E-state index in [4.69, 9.17) is 16.3 Å². The fourth-order valence-electron chi connectivity index (χ4n) is 2.81. The topological polar surface area (TPSA) is 29.5 Å². The number of rotatable bonds is 5. The number of nitrogens with zero attached hydrogens (tertiary/aromatic N) is 1. The van der Waals surface area contributed by atoms with Gasteiger partial charge in [0.05, 0.1) is 13.0 Å². The minimum atomic E-state index is 0.177. The summed E-state index contributed by atoms with van der Waals surface area (Å²) in [5.74, 6) is 0.931. The van der Waals surface area contributed by atoms with Gasteiger partial charge in [0.2, 0.25) is 5.91 Å². The van der Waals surface area contributed by atoms with Crippen LogP contribution in [0.5, 0.6) is 5.75 Å². The molecule has 116 valence electrons. The van der Waals surface area contributed by atoms with Crippen molar-refractivity contribution in [3.05, 3.63) is 29.3 Å². The zero-order chi connectivity index (χ0) is 15.1. The summed E-state index contributed by atoms with van der Waals surface area (Å²) in [5.41, 5.74) is 0. The molecule has 0 heterocycles. The summed E-state index contributed by atoms with van der Waals surface area (Å²) in [6.45, 7) is 0.414. The van der Waals surface area contributed by atoms with Crippen LogP contribution in [0.25, 0.3) is 0 Å². The van der Waals surface area contributed by atoms with Crippen molar-refractivity contribution in [1.82, 2.24) is 4.90 Å². The molecule has 1 aliphatic carbocycles. The highest BCUT2D eigenvalue weighted by molar-refractivity contribution is 6.30. The summed E-state index contributed by atoms with van der Waals surface area (Å²) >= 11 is 5.82. The quantitative estimate of drug-likeness (QED) is 0.759. The number of carbonyl (C=O) groups is 1. The Morgan fingerprint density at radius 3 is 2.43 bits per heavy atom. The van der Waals surface area contributed by atoms with Gasteiger partial charge in [0.1, 0.15) is 5.75 Å². The Hall–Kier alpha value is -1.22. The number of benzene rings is 1. The van der Waals surface area contributed by atoms with Gasteiger partial charge in [0.25, 0.3) is 0 Å². The van der Waals surface area contributed by atoms with Gasteiger partial charge in [-0.15, -0.1) is 0 Å². The molecule has 0 atom stereocenters. The lowest BCUT2D eigenvalue weighted by molar-refractivity contribution is -0.132. The van der Waals surface area contributed by atoms with Gasteiger partial charge in [-0.1, -0.05) is 37.3 Å². The zero-order valence-corrected chi connectivity index (χ0v) is 13.4. The molecular weight excluding hydrogens is 286 g/mol. The maximum absolute atomic E-state index is 12.2. The van der Waals surface area contributed by atoms with Crippen molar-refractivity contribution in [2.24, 2.45) is 0 Å². The first-order chi connectivity index (χ1) is 10.2. The van der Waals surface area contributed by atoms with Gasteiger partial charge in [0.15, 0.2) is 0 Å². The van der Waals surface area contributed by atoms with E-state index in [0.717, 1.165) is 18.6 Å². The highest BCUT2D eigenvalue weighted by Gasteiger charge is 2.20. The van der Waals surface area contributed by atoms with Gasteiger partial charge in [-0.05, 0) is 37.1 Å². The Kier molecular flexibility index (Phi) is 6.37. The van der Waals surface area contributed by atoms with E-state index in [9.17, 15) is 4.79 Å². The van der Waals surface area contributed by atoms with Gasteiger partial charge in [-0.3, -0.25) is 4.79 Å². The van der Waals surface area contributed by atoms with Crippen LogP contribution in [0, 0.1) is 0 Å². The van der Waals surface area contributed by atoms with Crippen LogP contribution in [0.3, 0.4) is 0 Å². The number of carbonyl (C=O) groups excluding carboxylic acids is 1. The van der Waals surface area contributed by atoms with Crippen molar-refractivity contribution in [3.8, 4) is 5.75 Å². The van der Waals surface area contributed by atoms with Crippen molar-refractivity contribution in [2.75, 3.05) is 13.7 Å². The first kappa shape index (κ1) is 16.2. The third-order valence-electron chi connectivity index (χ3n) is 4.16. The van der Waals surface area contributed by atoms with Crippen LogP contribution >= 0.6 is 11.6 Å². The van der Waals surface area contributed by atoms with E-state index in [1.54, 1.807) is 12.1 Å². The fraction of sp³-hybridized carbons (Fsp3) is 0.588. The molecule has 3 nitrogen and oxygen atoms in total. The molecule has 0 unspecified atom stereocenters. The Labute approximate surface area is 132 Å². The predicted molar refractivity (Wildman–Crippen MR) is 85.8 cm³/mol. The summed E-state index contributed by atoms with van der Waals surface area (Å²) in [6.07, 6.45) is 7.79. The van der Waals surface area contributed by atoms with E-state index in [2.05, 4.69) is 0 Å². The minimum absolute atomic E-state index is 0.177. The van der Waals surface area contributed by atoms with E-state index in [-0.39, 0.29) is 5.91 Å². The highest BCUT2D eigenvalue weighted by atomic mass is 35.5. The maximum atomic E-state index is 12.2. The first-order valence-electron chi connectivity index (χ1n) is 7.81. The van der Waals surface area contributed by atoms with Crippen LogP contribution in [0.2, 0.25) is 5.02 Å². The Bertz CT molecular complexity index is 439. The molecule has 0 bridgehead atoms. The summed E-state index contributed by atoms with van der Waals surface area (Å²) in [6, 6.07) is 7.63. The van der Waals surface area contributed by atoms with Crippen molar-refractivity contribution in [1.29, 1.82) is 0 Å². The number of halogens is 1. The minimum Gasteiger partial charge on any atom is -0.493 e. The summed E-state index contributed by atoms with van der Waals surface area (Å²) in [7, 11) is 1.93. The molecule has 4 heteroatoms. The lowest BCUT2D eigenvalue weighted by Gasteiger charge is -2.27. The van der Waals surface area contributed by atoms with Crippen LogP contribution in [-0.4, -0.2) is 30.5 Å². The summed E-state index contributed by atoms with van der Waals surface area (Å²) in [5, 5.41) is 0.687. The molecule has 2 rings (SSSR count). The number of hydrogen-bond acceptors (Lipinski definition) is 2. The second-order valence-electron chi connectivity index (χ2n) is 5.70. The van der Waals surface area contributed by atoms with Crippen LogP contribution in [0.4, 0.5) is 0 Å². The molecule has 1 aromatic rings. The number of amides is 1. The van der Waals surface area contributed by atoms with Gasteiger partial charge < -0.3 is 9.64 Å². The summed E-state index contributed by atoms with van der Waals surface area (Å²) < 4.78 is 5.59. The average Bonchev–Trinajstić information content (AvgIpc) is 2.77. The third kappa shape index (κ3) is 5.24. The molecule has 0 N–H and O–H groups in total. The molecule has 1 aromatic carbocycles. The van der Waals surface area contributed by atoms with Crippen molar-refractivity contribution < 1.29 is 9.53 Å². The molecule has 1 aliphatic rings. The molecule has 0 aromatic heterocycles. The predicted octanol–water partition coefficient (Wildman–Crippen LogP) is 4.29. The van der Waals surface area contributed by atoms with Crippen LogP contribution < -0.4 is 4.74 Å². The number of ether oxygens (including phenoxy) is 1. The average molecular weight is 310 g/mol. The van der Waals surface area contributed by atoms with Gasteiger partial charge in [0, 0.05) is 18.1 Å². The van der Waals surface area contributed by atoms with Crippen molar-refractivity contribution in [2.45, 2.75) is 51.0 Å². The van der Waals surface area contributed by atoms with Gasteiger partial charge >= 0.3 is 0 Å². The fourth-order valence-corrected chi connectivity index (χ4v) is 2.94. The zero-order valence-electron chi connectivity index (χ0n) is 12.7. The van der Waals surface area contributed by atoms with E-state index in [1.807, 2.05) is 24.1 Å². The number of hydrogen-bond donors (Lipinski definition) is 0. The Balaban J connectivity index is 1.74. The van der Waals surface area contributed by atoms with Crippen molar-refractivity contribution in [3.63, 3.8) is 0 Å². The Morgan fingerprint density at radius 1 is 1.19 bits per heavy atom. The highest BCUT2D eigenvalue weighted by Crippen LogP contribution is 2.21. The lowest BCUT2D eigenvalue weighted by atomic mass is 10.1. The monoisotopic (exact) mass is 309 g/mol. The summed E-state index contributed by atoms with van der Waals surface area (Å²) in [4.78, 5) is 14.2. The molecule has 1 amide bonds. The van der Waals surface area contributed by atoms with Gasteiger partial charge in [-0.25, -0.2) is 0 Å². The van der Waals surface area contributed by atoms with E-state index >= 15 is 0 Å². The van der Waals surface area contributed by atoms with Gasteiger partial charge in [-0.2, -0.15) is 0 Å². The molecule has 21 heavy (non-hydrogen) atoms. The smallest absolute Gasteiger partial charge is 0.225 e. The third-order valence-corrected chi connectivity index (χ3v) is 4.42. The second-order valence-corrected chi connectivity index (χ2v) is 6.14. The molecule has 0 saturated heterocycles. The second kappa shape index (κ2) is 8.28. The largest absolute Gasteiger partial charge is 0.493 e. The maximum Gasteiger partial charge on any atom is 0.225 e. The van der Waals surface area contributed by atoms with Crippen LogP contribution in [-0.2, 0) is 4.79 Å². The van der Waals surface area contributed by atoms with Crippen LogP contribution in [0.15, 0.2) is 24.3 Å². The first-order valence-corrected chi connectivity index (χ1v) is 8.18. The molecular formula is C17H24ClNO2. The SMILES string of the molecule is CN(C(=O)CCOc1ccc(Cl)cc1)C1CCCCCC1. The molecule has 0 aliphatic heterocycles. The van der Waals surface area contributed by atoms with Crippen molar-refractivity contribution >= 4 is 17.5 Å². The molecule has 0 spiro atoms. The van der Waals surface area contributed by atoms with E-state index in [1.165, 1.54) is 25.7 Å². The van der Waals surface area contributed by atoms with E-state index in [0.29, 0.717) is 24.1 Å². The standard InChI is InChI=1S/C17H24ClNO2/c1-19(15-6-4-2-3-5-7-15)17(20)12-13-21-16-10-8-14(18)9-11-16/h8-11,15H,2-7,12-13H2,1H3.